The Balaban J connectivity index is 1.30. The van der Waals surface area contributed by atoms with Gasteiger partial charge in [0.1, 0.15) is 0 Å². The Morgan fingerprint density at radius 2 is 1.41 bits per heavy atom. The molecule has 0 radical (unpaired) electrons. The number of aryl methyl sites for hydroxylation is 2. The standard InChI is InChI=1S/C31H29N5O/c1-3-35-20-17-27(18-21-35)32-24-13-15-26(16-14-24)34-31(37)23-9-11-25(12-10-23)33-29-19-22-36(4-2)30-8-6-5-7-28(29)30/h5-22H,3-4H2,1-2H3,(H,34,37). The zero-order valence-electron chi connectivity index (χ0n) is 21.0. The molecule has 0 atom stereocenters. The molecule has 0 aliphatic rings. The van der Waals surface area contributed by atoms with E-state index in [0.717, 1.165) is 51.8 Å². The number of amides is 1. The lowest BCUT2D eigenvalue weighted by atomic mass is 10.1. The third kappa shape index (κ3) is 5.59. The van der Waals surface area contributed by atoms with Crippen LogP contribution >= 0.6 is 0 Å². The highest BCUT2D eigenvalue weighted by atomic mass is 16.1. The van der Waals surface area contributed by atoms with E-state index in [1.165, 1.54) is 0 Å². The number of nitrogens with one attached hydrogen (secondary N) is 1. The Bertz CT molecular complexity index is 1660. The zero-order chi connectivity index (χ0) is 25.6. The molecule has 0 unspecified atom stereocenters. The molecule has 3 aromatic carbocycles. The Labute approximate surface area is 215 Å². The van der Waals surface area contributed by atoms with E-state index in [4.69, 9.17) is 4.99 Å². The number of hydrogen-bond acceptors (Lipinski definition) is 3. The molecule has 5 aromatic rings. The molecule has 37 heavy (non-hydrogen) atoms. The summed E-state index contributed by atoms with van der Waals surface area (Å²) >= 11 is 0. The number of hydrogen-bond donors (Lipinski definition) is 1. The topological polar surface area (TPSA) is 63.7 Å². The second kappa shape index (κ2) is 10.9. The molecule has 0 fully saturated rings. The van der Waals surface area contributed by atoms with Crippen LogP contribution in [0.2, 0.25) is 0 Å². The highest BCUT2D eigenvalue weighted by molar-refractivity contribution is 6.04. The van der Waals surface area contributed by atoms with Gasteiger partial charge >= 0.3 is 0 Å². The van der Waals surface area contributed by atoms with Gasteiger partial charge in [-0.25, -0.2) is 9.98 Å². The summed E-state index contributed by atoms with van der Waals surface area (Å²) in [6.07, 6.45) is 6.08. The predicted molar refractivity (Wildman–Crippen MR) is 149 cm³/mol. The Morgan fingerprint density at radius 1 is 0.730 bits per heavy atom. The number of para-hydroxylation sites is 1. The van der Waals surface area contributed by atoms with Crippen LogP contribution in [-0.4, -0.2) is 15.0 Å². The predicted octanol–water partition coefficient (Wildman–Crippen LogP) is 6.20. The first-order valence-corrected chi connectivity index (χ1v) is 12.5. The third-order valence-electron chi connectivity index (χ3n) is 6.24. The van der Waals surface area contributed by atoms with Gasteiger partial charge in [-0.05, 0) is 86.6 Å². The molecule has 1 N–H and O–H groups in total. The third-order valence-corrected chi connectivity index (χ3v) is 6.24. The van der Waals surface area contributed by atoms with Gasteiger partial charge in [-0.1, -0.05) is 18.2 Å². The fourth-order valence-corrected chi connectivity index (χ4v) is 4.18. The van der Waals surface area contributed by atoms with Crippen molar-refractivity contribution in [1.29, 1.82) is 0 Å². The van der Waals surface area contributed by atoms with Crippen molar-refractivity contribution in [3.63, 3.8) is 0 Å². The van der Waals surface area contributed by atoms with Crippen LogP contribution in [0.25, 0.3) is 10.9 Å². The minimum atomic E-state index is -0.169. The maximum Gasteiger partial charge on any atom is 0.255 e. The van der Waals surface area contributed by atoms with Crippen molar-refractivity contribution < 1.29 is 4.79 Å². The van der Waals surface area contributed by atoms with Crippen LogP contribution in [-0.2, 0) is 13.1 Å². The Hall–Kier alpha value is -4.71. The van der Waals surface area contributed by atoms with Gasteiger partial charge in [-0.2, -0.15) is 0 Å². The average molecular weight is 488 g/mol. The van der Waals surface area contributed by atoms with E-state index in [2.05, 4.69) is 51.6 Å². The van der Waals surface area contributed by atoms with Crippen LogP contribution in [0.4, 0.5) is 17.1 Å². The number of benzene rings is 3. The molecule has 6 nitrogen and oxygen atoms in total. The second-order valence-electron chi connectivity index (χ2n) is 8.66. The van der Waals surface area contributed by atoms with E-state index in [1.54, 1.807) is 12.1 Å². The number of aromatic nitrogens is 2. The van der Waals surface area contributed by atoms with E-state index in [0.29, 0.717) is 5.56 Å². The van der Waals surface area contributed by atoms with Crippen LogP contribution in [0.1, 0.15) is 24.2 Å². The van der Waals surface area contributed by atoms with Crippen LogP contribution in [0.3, 0.4) is 0 Å². The van der Waals surface area contributed by atoms with Gasteiger partial charge in [0.2, 0.25) is 0 Å². The summed E-state index contributed by atoms with van der Waals surface area (Å²) in [4.78, 5) is 22.3. The molecule has 6 heteroatoms. The number of pyridine rings is 2. The van der Waals surface area contributed by atoms with Crippen molar-refractivity contribution in [2.24, 2.45) is 9.98 Å². The molecular formula is C31H29N5O. The van der Waals surface area contributed by atoms with Gasteiger partial charge in [0.25, 0.3) is 5.91 Å². The lowest BCUT2D eigenvalue weighted by Gasteiger charge is -2.08. The number of carbonyl (C=O) groups excluding carboxylic acids is 1. The van der Waals surface area contributed by atoms with Crippen molar-refractivity contribution in [2.75, 3.05) is 5.32 Å². The maximum absolute atomic E-state index is 12.8. The maximum atomic E-state index is 12.8. The molecule has 0 spiro atoms. The smallest absolute Gasteiger partial charge is 0.255 e. The fourth-order valence-electron chi connectivity index (χ4n) is 4.18. The minimum Gasteiger partial charge on any atom is -0.354 e. The highest BCUT2D eigenvalue weighted by Crippen LogP contribution is 2.18. The molecule has 0 aliphatic heterocycles. The summed E-state index contributed by atoms with van der Waals surface area (Å²) in [6, 6.07) is 29.1. The van der Waals surface area contributed by atoms with Crippen molar-refractivity contribution in [3.8, 4) is 0 Å². The fraction of sp³-hybridized carbons (Fsp3) is 0.129. The zero-order valence-corrected chi connectivity index (χ0v) is 21.0. The SMILES string of the molecule is CCn1ccc(=Nc2ccc(NC(=O)c3ccc(N=c4ccn(CC)c5ccccc45)cc3)cc2)cc1. The van der Waals surface area contributed by atoms with Crippen LogP contribution < -0.4 is 16.0 Å². The summed E-state index contributed by atoms with van der Waals surface area (Å²) in [5, 5.41) is 5.85. The number of carbonyl (C=O) groups is 1. The molecule has 0 bridgehead atoms. The summed E-state index contributed by atoms with van der Waals surface area (Å²) in [7, 11) is 0. The normalized spacial score (nSPS) is 11.5. The quantitative estimate of drug-likeness (QED) is 0.305. The number of rotatable bonds is 6. The molecule has 0 saturated heterocycles. The van der Waals surface area contributed by atoms with Gasteiger partial charge in [-0.15, -0.1) is 0 Å². The lowest BCUT2D eigenvalue weighted by Crippen LogP contribution is -2.11. The Kier molecular flexibility index (Phi) is 7.08. The molecule has 2 heterocycles. The lowest BCUT2D eigenvalue weighted by molar-refractivity contribution is 0.102. The van der Waals surface area contributed by atoms with E-state index >= 15 is 0 Å². The largest absolute Gasteiger partial charge is 0.354 e. The summed E-state index contributed by atoms with van der Waals surface area (Å²) in [5.74, 6) is -0.169. The minimum absolute atomic E-state index is 0.169. The summed E-state index contributed by atoms with van der Waals surface area (Å²) in [6.45, 7) is 6.05. The summed E-state index contributed by atoms with van der Waals surface area (Å²) in [5.41, 5.74) is 4.07. The molecule has 1 amide bonds. The number of nitrogens with zero attached hydrogens (tertiary/aromatic N) is 4. The first kappa shape index (κ1) is 24.0. The van der Waals surface area contributed by atoms with E-state index < -0.39 is 0 Å². The van der Waals surface area contributed by atoms with Crippen LogP contribution in [0.5, 0.6) is 0 Å². The first-order valence-electron chi connectivity index (χ1n) is 12.5. The van der Waals surface area contributed by atoms with Gasteiger partial charge in [0, 0.05) is 48.3 Å². The molecule has 2 aromatic heterocycles. The van der Waals surface area contributed by atoms with Gasteiger partial charge in [-0.3, -0.25) is 4.79 Å². The van der Waals surface area contributed by atoms with Gasteiger partial charge in [0.05, 0.1) is 27.6 Å². The molecular weight excluding hydrogens is 458 g/mol. The molecule has 5 rings (SSSR count). The van der Waals surface area contributed by atoms with Gasteiger partial charge < -0.3 is 14.5 Å². The number of anilines is 1. The van der Waals surface area contributed by atoms with E-state index in [9.17, 15) is 4.79 Å². The number of fused-ring (bicyclic) bond motifs is 1. The van der Waals surface area contributed by atoms with E-state index in [-0.39, 0.29) is 5.91 Å². The van der Waals surface area contributed by atoms with E-state index in [1.807, 2.05) is 79.1 Å². The van der Waals surface area contributed by atoms with Crippen molar-refractivity contribution >= 4 is 33.9 Å². The Morgan fingerprint density at radius 3 is 2.11 bits per heavy atom. The van der Waals surface area contributed by atoms with Crippen LogP contribution in [0, 0.1) is 0 Å². The first-order chi connectivity index (χ1) is 18.1. The second-order valence-corrected chi connectivity index (χ2v) is 8.66. The summed E-state index contributed by atoms with van der Waals surface area (Å²) < 4.78 is 4.29. The molecule has 0 aliphatic carbocycles. The van der Waals surface area contributed by atoms with Crippen molar-refractivity contribution in [3.05, 3.63) is 126 Å². The monoisotopic (exact) mass is 487 g/mol. The van der Waals surface area contributed by atoms with Gasteiger partial charge in [0.15, 0.2) is 0 Å². The van der Waals surface area contributed by atoms with Crippen LogP contribution in [0.15, 0.2) is 120 Å². The molecule has 184 valence electrons. The highest BCUT2D eigenvalue weighted by Gasteiger charge is 2.06. The molecule has 0 saturated carbocycles. The van der Waals surface area contributed by atoms with Crippen molar-refractivity contribution in [2.45, 2.75) is 26.9 Å². The average Bonchev–Trinajstić information content (AvgIpc) is 2.95. The van der Waals surface area contributed by atoms with Crippen molar-refractivity contribution in [1.82, 2.24) is 9.13 Å².